The highest BCUT2D eigenvalue weighted by atomic mass is 79.9. The summed E-state index contributed by atoms with van der Waals surface area (Å²) in [6, 6.07) is 8.10. The van der Waals surface area contributed by atoms with Crippen molar-refractivity contribution in [1.82, 2.24) is 19.6 Å². The Morgan fingerprint density at radius 2 is 1.80 bits per heavy atom. The fraction of sp³-hybridized carbons (Fsp3) is 0.154. The van der Waals surface area contributed by atoms with Crippen molar-refractivity contribution in [2.24, 2.45) is 0 Å². The molecule has 3 aromatic rings. The van der Waals surface area contributed by atoms with E-state index in [2.05, 4.69) is 46.9 Å². The van der Waals surface area contributed by atoms with Crippen molar-refractivity contribution in [1.29, 1.82) is 0 Å². The Morgan fingerprint density at radius 1 is 1.10 bits per heavy atom. The van der Waals surface area contributed by atoms with Crippen LogP contribution in [0.3, 0.4) is 0 Å². The number of anilines is 1. The molecule has 7 heteroatoms. The van der Waals surface area contributed by atoms with Gasteiger partial charge in [-0.1, -0.05) is 28.1 Å². The van der Waals surface area contributed by atoms with Crippen LogP contribution in [0.4, 0.5) is 5.82 Å². The van der Waals surface area contributed by atoms with E-state index in [-0.39, 0.29) is 0 Å². The van der Waals surface area contributed by atoms with Crippen molar-refractivity contribution in [3.8, 4) is 11.1 Å². The minimum Gasteiger partial charge on any atom is -0.362 e. The summed E-state index contributed by atoms with van der Waals surface area (Å²) < 4.78 is 3.53. The number of hydrogen-bond acceptors (Lipinski definition) is 4. The van der Waals surface area contributed by atoms with Crippen LogP contribution in [0.2, 0.25) is 0 Å². The van der Waals surface area contributed by atoms with Crippen molar-refractivity contribution in [2.75, 3.05) is 19.0 Å². The Balaban J connectivity index is 2.35. The molecular weight excluding hydrogens is 386 g/mol. The molecule has 102 valence electrons. The molecule has 0 aliphatic rings. The van der Waals surface area contributed by atoms with Crippen molar-refractivity contribution >= 4 is 43.5 Å². The molecule has 0 amide bonds. The van der Waals surface area contributed by atoms with Gasteiger partial charge in [-0.3, -0.25) is 0 Å². The Bertz CT molecular complexity index is 764. The molecule has 0 unspecified atom stereocenters. The average Bonchev–Trinajstić information content (AvgIpc) is 2.85. The monoisotopic (exact) mass is 395 g/mol. The first kappa shape index (κ1) is 13.5. The third-order valence-electron chi connectivity index (χ3n) is 2.91. The number of hydrogen-bond donors (Lipinski definition) is 0. The summed E-state index contributed by atoms with van der Waals surface area (Å²) in [6.45, 7) is 0. The average molecular weight is 397 g/mol. The molecule has 0 spiro atoms. The number of benzene rings is 1. The molecule has 2 heterocycles. The first-order valence-corrected chi connectivity index (χ1v) is 7.49. The third-order valence-corrected chi connectivity index (χ3v) is 4.02. The van der Waals surface area contributed by atoms with Gasteiger partial charge in [-0.15, -0.1) is 0 Å². The molecule has 3 rings (SSSR count). The molecule has 5 nitrogen and oxygen atoms in total. The Labute approximate surface area is 132 Å². The van der Waals surface area contributed by atoms with E-state index in [1.165, 1.54) is 6.33 Å². The smallest absolute Gasteiger partial charge is 0.255 e. The highest BCUT2D eigenvalue weighted by Crippen LogP contribution is 2.35. The van der Waals surface area contributed by atoms with E-state index in [9.17, 15) is 0 Å². The van der Waals surface area contributed by atoms with Crippen LogP contribution < -0.4 is 4.90 Å². The fourth-order valence-corrected chi connectivity index (χ4v) is 2.91. The van der Waals surface area contributed by atoms with Crippen LogP contribution in [-0.2, 0) is 0 Å². The summed E-state index contributed by atoms with van der Waals surface area (Å²) in [6.07, 6.45) is 1.51. The second kappa shape index (κ2) is 5.14. The van der Waals surface area contributed by atoms with E-state index in [4.69, 9.17) is 0 Å². The van der Waals surface area contributed by atoms with Crippen LogP contribution in [0.1, 0.15) is 0 Å². The first-order chi connectivity index (χ1) is 9.58. The molecule has 20 heavy (non-hydrogen) atoms. The molecule has 0 bridgehead atoms. The maximum absolute atomic E-state index is 4.45. The van der Waals surface area contributed by atoms with Gasteiger partial charge in [0.2, 0.25) is 0 Å². The van der Waals surface area contributed by atoms with Gasteiger partial charge in [0.05, 0.1) is 5.56 Å². The summed E-state index contributed by atoms with van der Waals surface area (Å²) in [4.78, 5) is 10.6. The SMILES string of the molecule is CN(C)c1c(-c2ccc(Br)cc2)c(Br)nc2ncnn12. The lowest BCUT2D eigenvalue weighted by atomic mass is 10.1. The van der Waals surface area contributed by atoms with Gasteiger partial charge in [0.1, 0.15) is 16.7 Å². The molecule has 2 aromatic heterocycles. The van der Waals surface area contributed by atoms with Crippen molar-refractivity contribution in [3.63, 3.8) is 0 Å². The molecule has 0 fully saturated rings. The molecule has 0 N–H and O–H groups in total. The van der Waals surface area contributed by atoms with Gasteiger partial charge in [0.15, 0.2) is 0 Å². The van der Waals surface area contributed by atoms with E-state index in [1.807, 2.05) is 43.3 Å². The number of rotatable bonds is 2. The van der Waals surface area contributed by atoms with E-state index in [1.54, 1.807) is 4.52 Å². The normalized spacial score (nSPS) is 11.0. The number of aromatic nitrogens is 4. The summed E-state index contributed by atoms with van der Waals surface area (Å²) >= 11 is 7.00. The summed E-state index contributed by atoms with van der Waals surface area (Å²) in [5.74, 6) is 1.50. The maximum Gasteiger partial charge on any atom is 0.255 e. The van der Waals surface area contributed by atoms with Crippen LogP contribution in [0.25, 0.3) is 16.9 Å². The van der Waals surface area contributed by atoms with Gasteiger partial charge in [-0.25, -0.2) is 4.98 Å². The Kier molecular flexibility index (Phi) is 3.47. The van der Waals surface area contributed by atoms with Gasteiger partial charge in [0.25, 0.3) is 5.78 Å². The molecule has 1 aromatic carbocycles. The quantitative estimate of drug-likeness (QED) is 0.623. The van der Waals surface area contributed by atoms with Crippen LogP contribution in [0, 0.1) is 0 Å². The minimum atomic E-state index is 0.571. The first-order valence-electron chi connectivity index (χ1n) is 5.90. The van der Waals surface area contributed by atoms with Crippen LogP contribution in [0.5, 0.6) is 0 Å². The number of nitrogens with zero attached hydrogens (tertiary/aromatic N) is 5. The molecule has 0 saturated heterocycles. The molecule has 0 radical (unpaired) electrons. The van der Waals surface area contributed by atoms with Gasteiger partial charge < -0.3 is 4.90 Å². The Morgan fingerprint density at radius 3 is 2.45 bits per heavy atom. The zero-order chi connectivity index (χ0) is 14.3. The standard InChI is InChI=1S/C13H11Br2N5/c1-19(2)12-10(8-3-5-9(14)6-4-8)11(15)18-13-16-7-17-20(12)13/h3-7H,1-2H3. The van der Waals surface area contributed by atoms with Crippen molar-refractivity contribution in [3.05, 3.63) is 39.7 Å². The molecule has 0 aliphatic carbocycles. The highest BCUT2D eigenvalue weighted by molar-refractivity contribution is 9.10. The van der Waals surface area contributed by atoms with Gasteiger partial charge in [0, 0.05) is 18.6 Å². The van der Waals surface area contributed by atoms with Crippen LogP contribution in [-0.4, -0.2) is 33.7 Å². The topological polar surface area (TPSA) is 46.3 Å². The lowest BCUT2D eigenvalue weighted by molar-refractivity contribution is 0.894. The second-order valence-corrected chi connectivity index (χ2v) is 6.14. The predicted molar refractivity (Wildman–Crippen MR) is 85.9 cm³/mol. The summed E-state index contributed by atoms with van der Waals surface area (Å²) in [7, 11) is 3.95. The van der Waals surface area contributed by atoms with E-state index in [0.29, 0.717) is 5.78 Å². The highest BCUT2D eigenvalue weighted by Gasteiger charge is 2.18. The predicted octanol–water partition coefficient (Wildman–Crippen LogP) is 3.38. The molecule has 0 aliphatic heterocycles. The fourth-order valence-electron chi connectivity index (χ4n) is 2.08. The number of halogens is 2. The van der Waals surface area contributed by atoms with E-state index in [0.717, 1.165) is 26.0 Å². The molecule has 0 saturated carbocycles. The molecule has 0 atom stereocenters. The lowest BCUT2D eigenvalue weighted by Crippen LogP contribution is -2.16. The van der Waals surface area contributed by atoms with Crippen LogP contribution in [0.15, 0.2) is 39.7 Å². The summed E-state index contributed by atoms with van der Waals surface area (Å²) in [5, 5.41) is 4.26. The lowest BCUT2D eigenvalue weighted by Gasteiger charge is -2.19. The molecular formula is C13H11Br2N5. The van der Waals surface area contributed by atoms with Gasteiger partial charge >= 0.3 is 0 Å². The van der Waals surface area contributed by atoms with Crippen LogP contribution >= 0.6 is 31.9 Å². The van der Waals surface area contributed by atoms with Crippen molar-refractivity contribution in [2.45, 2.75) is 0 Å². The second-order valence-electron chi connectivity index (χ2n) is 4.47. The van der Waals surface area contributed by atoms with E-state index >= 15 is 0 Å². The maximum atomic E-state index is 4.45. The number of fused-ring (bicyclic) bond motifs is 1. The van der Waals surface area contributed by atoms with Gasteiger partial charge in [-0.05, 0) is 33.6 Å². The third kappa shape index (κ3) is 2.20. The zero-order valence-electron chi connectivity index (χ0n) is 10.9. The zero-order valence-corrected chi connectivity index (χ0v) is 14.1. The van der Waals surface area contributed by atoms with Gasteiger partial charge in [-0.2, -0.15) is 14.6 Å². The summed E-state index contributed by atoms with van der Waals surface area (Å²) in [5.41, 5.74) is 2.05. The van der Waals surface area contributed by atoms with Crippen molar-refractivity contribution < 1.29 is 0 Å². The largest absolute Gasteiger partial charge is 0.362 e. The van der Waals surface area contributed by atoms with E-state index < -0.39 is 0 Å². The minimum absolute atomic E-state index is 0.571. The Hall–Kier alpha value is -1.47.